The Morgan fingerprint density at radius 3 is 2.50 bits per heavy atom. The van der Waals surface area contributed by atoms with Crippen molar-refractivity contribution in [2.75, 3.05) is 7.05 Å². The van der Waals surface area contributed by atoms with Gasteiger partial charge in [-0.25, -0.2) is 18.1 Å². The van der Waals surface area contributed by atoms with Crippen LogP contribution in [-0.2, 0) is 16.2 Å². The van der Waals surface area contributed by atoms with E-state index in [1.165, 1.54) is 19.2 Å². The predicted octanol–water partition coefficient (Wildman–Crippen LogP) is 5.33. The van der Waals surface area contributed by atoms with Crippen LogP contribution in [0.3, 0.4) is 0 Å². The maximum absolute atomic E-state index is 12.9. The first-order chi connectivity index (χ1) is 15.2. The highest BCUT2D eigenvalue weighted by atomic mass is 32.2. The number of hydrogen-bond donors (Lipinski definition) is 2. The highest BCUT2D eigenvalue weighted by molar-refractivity contribution is 7.89. The lowest BCUT2D eigenvalue weighted by Gasteiger charge is -2.09. The van der Waals surface area contributed by atoms with Gasteiger partial charge in [0.2, 0.25) is 10.0 Å². The van der Waals surface area contributed by atoms with E-state index < -0.39 is 21.8 Å². The SMILES string of the molecule is CNS(=O)(=O)c1ccccc1-c1ccc2[nH]c(/C=C/c3cccc(C(F)(F)F)c3)nc2c1. The van der Waals surface area contributed by atoms with Crippen molar-refractivity contribution in [2.45, 2.75) is 11.1 Å². The van der Waals surface area contributed by atoms with Crippen LogP contribution in [-0.4, -0.2) is 25.4 Å². The first-order valence-corrected chi connectivity index (χ1v) is 11.0. The largest absolute Gasteiger partial charge is 0.416 e. The van der Waals surface area contributed by atoms with Crippen molar-refractivity contribution in [3.8, 4) is 11.1 Å². The van der Waals surface area contributed by atoms with E-state index in [2.05, 4.69) is 14.7 Å². The highest BCUT2D eigenvalue weighted by Gasteiger charge is 2.30. The molecule has 0 radical (unpaired) electrons. The Labute approximate surface area is 182 Å². The summed E-state index contributed by atoms with van der Waals surface area (Å²) in [6.45, 7) is 0. The van der Waals surface area contributed by atoms with E-state index in [1.54, 1.807) is 54.6 Å². The number of sulfonamides is 1. The molecule has 164 valence electrons. The van der Waals surface area contributed by atoms with Crippen LogP contribution >= 0.6 is 0 Å². The van der Waals surface area contributed by atoms with E-state index in [-0.39, 0.29) is 4.90 Å². The molecule has 3 aromatic carbocycles. The van der Waals surface area contributed by atoms with E-state index in [9.17, 15) is 21.6 Å². The van der Waals surface area contributed by atoms with Gasteiger partial charge in [0, 0.05) is 5.56 Å². The Hall–Kier alpha value is -3.43. The normalized spacial score (nSPS) is 12.6. The van der Waals surface area contributed by atoms with Gasteiger partial charge in [0.1, 0.15) is 5.82 Å². The second-order valence-electron chi connectivity index (χ2n) is 7.01. The minimum Gasteiger partial charge on any atom is -0.338 e. The molecule has 0 unspecified atom stereocenters. The number of nitrogens with one attached hydrogen (secondary N) is 2. The van der Waals surface area contributed by atoms with Crippen LogP contribution < -0.4 is 4.72 Å². The number of imidazole rings is 1. The van der Waals surface area contributed by atoms with E-state index in [4.69, 9.17) is 0 Å². The average molecular weight is 457 g/mol. The number of fused-ring (bicyclic) bond motifs is 1. The molecule has 0 amide bonds. The molecule has 9 heteroatoms. The molecule has 0 aliphatic rings. The van der Waals surface area contributed by atoms with Gasteiger partial charge in [-0.05, 0) is 54.6 Å². The zero-order valence-corrected chi connectivity index (χ0v) is 17.6. The van der Waals surface area contributed by atoms with E-state index in [1.807, 2.05) is 0 Å². The van der Waals surface area contributed by atoms with Crippen molar-refractivity contribution >= 4 is 33.2 Å². The van der Waals surface area contributed by atoms with Gasteiger partial charge in [-0.3, -0.25) is 0 Å². The van der Waals surface area contributed by atoms with Gasteiger partial charge >= 0.3 is 6.18 Å². The number of alkyl halides is 3. The molecule has 0 aliphatic carbocycles. The van der Waals surface area contributed by atoms with Crippen molar-refractivity contribution in [3.05, 3.63) is 83.7 Å². The second kappa shape index (κ2) is 8.25. The van der Waals surface area contributed by atoms with Crippen molar-refractivity contribution in [2.24, 2.45) is 0 Å². The summed E-state index contributed by atoms with van der Waals surface area (Å²) in [5.74, 6) is 0.464. The Balaban J connectivity index is 1.68. The van der Waals surface area contributed by atoms with Crippen LogP contribution in [0, 0.1) is 0 Å². The van der Waals surface area contributed by atoms with Crippen LogP contribution in [0.15, 0.2) is 71.6 Å². The smallest absolute Gasteiger partial charge is 0.338 e. The third-order valence-corrected chi connectivity index (χ3v) is 6.38. The van der Waals surface area contributed by atoms with Gasteiger partial charge in [-0.15, -0.1) is 0 Å². The Morgan fingerprint density at radius 2 is 1.75 bits per heavy atom. The van der Waals surface area contributed by atoms with E-state index in [0.29, 0.717) is 33.5 Å². The lowest BCUT2D eigenvalue weighted by molar-refractivity contribution is -0.137. The molecule has 1 heterocycles. The molecule has 4 rings (SSSR count). The molecule has 5 nitrogen and oxygen atoms in total. The molecule has 0 spiro atoms. The van der Waals surface area contributed by atoms with Crippen LogP contribution in [0.2, 0.25) is 0 Å². The molecule has 32 heavy (non-hydrogen) atoms. The zero-order valence-electron chi connectivity index (χ0n) is 16.8. The molecule has 0 saturated heterocycles. The van der Waals surface area contributed by atoms with E-state index >= 15 is 0 Å². The molecular formula is C23H18F3N3O2S. The summed E-state index contributed by atoms with van der Waals surface area (Å²) in [5, 5.41) is 0. The van der Waals surface area contributed by atoms with Gasteiger partial charge in [0.05, 0.1) is 21.5 Å². The predicted molar refractivity (Wildman–Crippen MR) is 118 cm³/mol. The Morgan fingerprint density at radius 1 is 0.969 bits per heavy atom. The van der Waals surface area contributed by atoms with Gasteiger partial charge in [-0.2, -0.15) is 13.2 Å². The van der Waals surface area contributed by atoms with Gasteiger partial charge in [-0.1, -0.05) is 42.5 Å². The number of nitrogens with zero attached hydrogens (tertiary/aromatic N) is 1. The monoisotopic (exact) mass is 457 g/mol. The molecule has 0 saturated carbocycles. The van der Waals surface area contributed by atoms with Crippen molar-refractivity contribution in [3.63, 3.8) is 0 Å². The summed E-state index contributed by atoms with van der Waals surface area (Å²) in [5.41, 5.74) is 2.20. The summed E-state index contributed by atoms with van der Waals surface area (Å²) in [4.78, 5) is 7.72. The topological polar surface area (TPSA) is 74.8 Å². The molecule has 0 atom stereocenters. The fourth-order valence-electron chi connectivity index (χ4n) is 3.32. The number of benzene rings is 3. The van der Waals surface area contributed by atoms with Crippen LogP contribution in [0.5, 0.6) is 0 Å². The third-order valence-electron chi connectivity index (χ3n) is 4.91. The van der Waals surface area contributed by atoms with Crippen molar-refractivity contribution in [1.29, 1.82) is 0 Å². The van der Waals surface area contributed by atoms with Crippen molar-refractivity contribution in [1.82, 2.24) is 14.7 Å². The molecule has 0 aliphatic heterocycles. The standard InChI is InChI=1S/C23H18F3N3O2S/c1-27-32(30,31)21-8-3-2-7-18(21)16-10-11-19-20(14-16)29-22(28-19)12-9-15-5-4-6-17(13-15)23(24,25)26/h2-14,27H,1H3,(H,28,29)/b12-9+. The number of H-pyrrole nitrogens is 1. The minimum absolute atomic E-state index is 0.155. The quantitative estimate of drug-likeness (QED) is 0.426. The number of hydrogen-bond acceptors (Lipinski definition) is 3. The second-order valence-corrected chi connectivity index (χ2v) is 8.87. The van der Waals surface area contributed by atoms with Crippen LogP contribution in [0.25, 0.3) is 34.3 Å². The summed E-state index contributed by atoms with van der Waals surface area (Å²) in [6.07, 6.45) is -1.27. The molecule has 0 fully saturated rings. The first-order valence-electron chi connectivity index (χ1n) is 9.55. The number of aromatic nitrogens is 2. The lowest BCUT2D eigenvalue weighted by atomic mass is 10.1. The molecule has 1 aromatic heterocycles. The summed E-state index contributed by atoms with van der Waals surface area (Å²) in [7, 11) is -2.29. The third kappa shape index (κ3) is 4.44. The number of halogens is 3. The van der Waals surface area contributed by atoms with Gasteiger partial charge in [0.15, 0.2) is 0 Å². The maximum Gasteiger partial charge on any atom is 0.416 e. The fourth-order valence-corrected chi connectivity index (χ4v) is 4.27. The highest BCUT2D eigenvalue weighted by Crippen LogP contribution is 2.31. The zero-order chi connectivity index (χ0) is 22.9. The Kier molecular flexibility index (Phi) is 5.62. The summed E-state index contributed by atoms with van der Waals surface area (Å²) >= 11 is 0. The number of aromatic amines is 1. The van der Waals surface area contributed by atoms with Crippen LogP contribution in [0.4, 0.5) is 13.2 Å². The van der Waals surface area contributed by atoms with Crippen LogP contribution in [0.1, 0.15) is 17.0 Å². The van der Waals surface area contributed by atoms with Crippen molar-refractivity contribution < 1.29 is 21.6 Å². The average Bonchev–Trinajstić information content (AvgIpc) is 3.19. The molecular weight excluding hydrogens is 439 g/mol. The summed E-state index contributed by atoms with van der Waals surface area (Å²) < 4.78 is 65.7. The molecule has 4 aromatic rings. The minimum atomic E-state index is -4.41. The van der Waals surface area contributed by atoms with E-state index in [0.717, 1.165) is 12.1 Å². The van der Waals surface area contributed by atoms with Gasteiger partial charge < -0.3 is 4.98 Å². The number of rotatable bonds is 5. The van der Waals surface area contributed by atoms with Gasteiger partial charge in [0.25, 0.3) is 0 Å². The molecule has 2 N–H and O–H groups in total. The Bertz CT molecular complexity index is 1420. The first kappa shape index (κ1) is 21.8. The summed E-state index contributed by atoms with van der Waals surface area (Å²) in [6, 6.07) is 17.0. The fraction of sp³-hybridized carbons (Fsp3) is 0.0870. The maximum atomic E-state index is 12.9. The lowest BCUT2D eigenvalue weighted by Crippen LogP contribution is -2.19. The molecule has 0 bridgehead atoms.